The van der Waals surface area contributed by atoms with Gasteiger partial charge in [0.05, 0.1) is 11.6 Å². The van der Waals surface area contributed by atoms with Crippen LogP contribution in [0.2, 0.25) is 0 Å². The van der Waals surface area contributed by atoms with Gasteiger partial charge in [-0.15, -0.1) is 0 Å². The Balaban J connectivity index is 2.94. The van der Waals surface area contributed by atoms with E-state index < -0.39 is 6.30 Å². The van der Waals surface area contributed by atoms with Crippen LogP contribution in [0.25, 0.3) is 0 Å². The van der Waals surface area contributed by atoms with E-state index in [0.717, 1.165) is 7.05 Å². The molecule has 0 saturated carbocycles. The second-order valence-corrected chi connectivity index (χ2v) is 2.69. The average Bonchev–Trinajstić information content (AvgIpc) is 2.15. The standard InChI is InChI=1S/C9H7F3N2/c1-14(9(10,11)12)8-4-2-7(6-13)3-5-8/h2-5H,1H3. The molecule has 1 aromatic carbocycles. The minimum atomic E-state index is -4.39. The fourth-order valence-electron chi connectivity index (χ4n) is 0.906. The van der Waals surface area contributed by atoms with Gasteiger partial charge in [0, 0.05) is 12.7 Å². The molecule has 0 unspecified atom stereocenters. The molecule has 0 radical (unpaired) electrons. The molecule has 14 heavy (non-hydrogen) atoms. The van der Waals surface area contributed by atoms with Crippen LogP contribution >= 0.6 is 0 Å². The van der Waals surface area contributed by atoms with Crippen LogP contribution in [0.4, 0.5) is 18.9 Å². The summed E-state index contributed by atoms with van der Waals surface area (Å²) in [6, 6.07) is 7.03. The van der Waals surface area contributed by atoms with E-state index in [2.05, 4.69) is 0 Å². The van der Waals surface area contributed by atoms with Crippen molar-refractivity contribution in [2.24, 2.45) is 0 Å². The molecular formula is C9H7F3N2. The highest BCUT2D eigenvalue weighted by Crippen LogP contribution is 2.26. The Morgan fingerprint density at radius 2 is 1.71 bits per heavy atom. The number of hydrogen-bond acceptors (Lipinski definition) is 2. The summed E-state index contributed by atoms with van der Waals surface area (Å²) >= 11 is 0. The van der Waals surface area contributed by atoms with Crippen LogP contribution in [-0.2, 0) is 0 Å². The summed E-state index contributed by atoms with van der Waals surface area (Å²) in [5.74, 6) is 0. The van der Waals surface area contributed by atoms with Crippen LogP contribution in [0.3, 0.4) is 0 Å². The number of benzene rings is 1. The maximum atomic E-state index is 12.2. The van der Waals surface area contributed by atoms with Crippen LogP contribution in [0.15, 0.2) is 24.3 Å². The summed E-state index contributed by atoms with van der Waals surface area (Å²) in [5.41, 5.74) is 0.348. The Kier molecular flexibility index (Phi) is 2.65. The highest BCUT2D eigenvalue weighted by atomic mass is 19.4. The molecule has 0 saturated heterocycles. The van der Waals surface area contributed by atoms with Crippen LogP contribution in [0.1, 0.15) is 5.56 Å². The fourth-order valence-corrected chi connectivity index (χ4v) is 0.906. The molecular weight excluding hydrogens is 193 g/mol. The molecule has 0 fully saturated rings. The molecule has 0 atom stereocenters. The molecule has 0 aromatic heterocycles. The number of halogens is 3. The predicted octanol–water partition coefficient (Wildman–Crippen LogP) is 2.51. The van der Waals surface area contributed by atoms with Gasteiger partial charge in [0.25, 0.3) is 0 Å². The van der Waals surface area contributed by atoms with Gasteiger partial charge < -0.3 is 0 Å². The monoisotopic (exact) mass is 200 g/mol. The first-order valence-electron chi connectivity index (χ1n) is 3.76. The average molecular weight is 200 g/mol. The molecule has 0 aliphatic carbocycles. The van der Waals surface area contributed by atoms with Crippen LogP contribution in [0, 0.1) is 11.3 Å². The van der Waals surface area contributed by atoms with Gasteiger partial charge in [-0.25, -0.2) is 0 Å². The molecule has 74 valence electrons. The number of alkyl halides is 3. The Morgan fingerprint density at radius 1 is 1.21 bits per heavy atom. The summed E-state index contributed by atoms with van der Waals surface area (Å²) in [5, 5.41) is 8.44. The van der Waals surface area contributed by atoms with Crippen molar-refractivity contribution in [3.05, 3.63) is 29.8 Å². The zero-order valence-corrected chi connectivity index (χ0v) is 7.34. The first kappa shape index (κ1) is 10.4. The number of anilines is 1. The highest BCUT2D eigenvalue weighted by molar-refractivity contribution is 5.49. The molecule has 1 aromatic rings. The lowest BCUT2D eigenvalue weighted by molar-refractivity contribution is -0.125. The summed E-state index contributed by atoms with van der Waals surface area (Å²) in [6.07, 6.45) is -4.39. The Labute approximate surface area is 79.2 Å². The van der Waals surface area contributed by atoms with E-state index in [0.29, 0.717) is 5.56 Å². The van der Waals surface area contributed by atoms with E-state index in [1.807, 2.05) is 6.07 Å². The topological polar surface area (TPSA) is 27.0 Å². The minimum Gasteiger partial charge on any atom is -0.287 e. The second-order valence-electron chi connectivity index (χ2n) is 2.69. The SMILES string of the molecule is CN(c1ccc(C#N)cc1)C(F)(F)F. The summed E-state index contributed by atoms with van der Waals surface area (Å²) < 4.78 is 36.5. The van der Waals surface area contributed by atoms with Crippen molar-refractivity contribution in [1.82, 2.24) is 0 Å². The molecule has 0 aliphatic heterocycles. The molecule has 1 rings (SSSR count). The minimum absolute atomic E-state index is 0.0106. The molecule has 5 heteroatoms. The number of rotatable bonds is 1. The molecule has 0 N–H and O–H groups in total. The molecule has 0 aliphatic rings. The maximum absolute atomic E-state index is 12.2. The lowest BCUT2D eigenvalue weighted by Crippen LogP contribution is -2.33. The molecule has 2 nitrogen and oxygen atoms in total. The van der Waals surface area contributed by atoms with Crippen molar-refractivity contribution in [2.45, 2.75) is 6.30 Å². The Hall–Kier alpha value is -1.70. The lowest BCUT2D eigenvalue weighted by Gasteiger charge is -2.21. The second kappa shape index (κ2) is 3.58. The smallest absolute Gasteiger partial charge is 0.287 e. The van der Waals surface area contributed by atoms with Crippen LogP contribution in [-0.4, -0.2) is 13.3 Å². The molecule has 0 bridgehead atoms. The molecule has 0 heterocycles. The Morgan fingerprint density at radius 3 is 2.07 bits per heavy atom. The van der Waals surface area contributed by atoms with E-state index in [-0.39, 0.29) is 10.6 Å². The molecule has 0 amide bonds. The van der Waals surface area contributed by atoms with Gasteiger partial charge in [-0.3, -0.25) is 4.90 Å². The lowest BCUT2D eigenvalue weighted by atomic mass is 10.2. The van der Waals surface area contributed by atoms with Gasteiger partial charge >= 0.3 is 6.30 Å². The number of nitrogens with zero attached hydrogens (tertiary/aromatic N) is 2. The highest BCUT2D eigenvalue weighted by Gasteiger charge is 2.34. The third-order valence-corrected chi connectivity index (χ3v) is 1.76. The predicted molar refractivity (Wildman–Crippen MR) is 45.6 cm³/mol. The normalized spacial score (nSPS) is 10.8. The third-order valence-electron chi connectivity index (χ3n) is 1.76. The first-order valence-corrected chi connectivity index (χ1v) is 3.76. The van der Waals surface area contributed by atoms with E-state index in [1.54, 1.807) is 0 Å². The van der Waals surface area contributed by atoms with Gasteiger partial charge in [0.15, 0.2) is 0 Å². The number of nitriles is 1. The van der Waals surface area contributed by atoms with E-state index in [9.17, 15) is 13.2 Å². The van der Waals surface area contributed by atoms with E-state index >= 15 is 0 Å². The van der Waals surface area contributed by atoms with Gasteiger partial charge in [0.2, 0.25) is 0 Å². The zero-order chi connectivity index (χ0) is 10.8. The van der Waals surface area contributed by atoms with Crippen molar-refractivity contribution in [1.29, 1.82) is 5.26 Å². The van der Waals surface area contributed by atoms with Crippen LogP contribution < -0.4 is 4.90 Å². The maximum Gasteiger partial charge on any atom is 0.484 e. The van der Waals surface area contributed by atoms with Crippen molar-refractivity contribution in [3.63, 3.8) is 0 Å². The van der Waals surface area contributed by atoms with Crippen molar-refractivity contribution >= 4 is 5.69 Å². The first-order chi connectivity index (χ1) is 6.45. The quantitative estimate of drug-likeness (QED) is 0.651. The fraction of sp³-hybridized carbons (Fsp3) is 0.222. The van der Waals surface area contributed by atoms with Gasteiger partial charge in [-0.1, -0.05) is 0 Å². The van der Waals surface area contributed by atoms with Crippen LogP contribution in [0.5, 0.6) is 0 Å². The third kappa shape index (κ3) is 2.16. The largest absolute Gasteiger partial charge is 0.484 e. The van der Waals surface area contributed by atoms with Gasteiger partial charge in [0.1, 0.15) is 0 Å². The molecule has 0 spiro atoms. The van der Waals surface area contributed by atoms with Gasteiger partial charge in [-0.2, -0.15) is 18.4 Å². The number of hydrogen-bond donors (Lipinski definition) is 0. The van der Waals surface area contributed by atoms with E-state index in [1.165, 1.54) is 24.3 Å². The zero-order valence-electron chi connectivity index (χ0n) is 7.34. The van der Waals surface area contributed by atoms with Gasteiger partial charge in [-0.05, 0) is 24.3 Å². The summed E-state index contributed by atoms with van der Waals surface area (Å²) in [6.45, 7) is 0. The Bertz CT molecular complexity index is 348. The van der Waals surface area contributed by atoms with Crippen molar-refractivity contribution in [3.8, 4) is 6.07 Å². The van der Waals surface area contributed by atoms with Crippen molar-refractivity contribution in [2.75, 3.05) is 11.9 Å². The van der Waals surface area contributed by atoms with E-state index in [4.69, 9.17) is 5.26 Å². The summed E-state index contributed by atoms with van der Waals surface area (Å²) in [4.78, 5) is 0.189. The van der Waals surface area contributed by atoms with Crippen molar-refractivity contribution < 1.29 is 13.2 Å². The summed E-state index contributed by atoms with van der Waals surface area (Å²) in [7, 11) is 0.932.